The van der Waals surface area contributed by atoms with Crippen molar-refractivity contribution in [2.24, 2.45) is 11.8 Å². The zero-order valence-corrected chi connectivity index (χ0v) is 13.0. The van der Waals surface area contributed by atoms with E-state index in [4.69, 9.17) is 0 Å². The number of carbonyl (C=O) groups is 3. The van der Waals surface area contributed by atoms with Gasteiger partial charge in [-0.15, -0.1) is 0 Å². The van der Waals surface area contributed by atoms with Crippen LogP contribution in [0, 0.1) is 11.8 Å². The van der Waals surface area contributed by atoms with Gasteiger partial charge in [-0.1, -0.05) is 27.7 Å². The topological polar surface area (TPSA) is 69.7 Å². The Morgan fingerprint density at radius 1 is 1.15 bits per heavy atom. The molecule has 0 saturated carbocycles. The van der Waals surface area contributed by atoms with E-state index < -0.39 is 17.9 Å². The Hall–Kier alpha value is -1.43. The minimum absolute atomic E-state index is 0.126. The number of amides is 4. The lowest BCUT2D eigenvalue weighted by atomic mass is 9.91. The fraction of sp³-hybridized carbons (Fsp3) is 0.786. The maximum absolute atomic E-state index is 12.4. The first-order chi connectivity index (χ1) is 9.33. The number of hydrogen-bond acceptors (Lipinski definition) is 4. The monoisotopic (exact) mass is 283 g/mol. The summed E-state index contributed by atoms with van der Waals surface area (Å²) in [5.41, 5.74) is 0. The lowest BCUT2D eigenvalue weighted by molar-refractivity contribution is -0.146. The highest BCUT2D eigenvalue weighted by Gasteiger charge is 2.43. The van der Waals surface area contributed by atoms with Crippen molar-refractivity contribution < 1.29 is 14.4 Å². The van der Waals surface area contributed by atoms with Crippen LogP contribution in [0.1, 0.15) is 34.6 Å². The second-order valence-corrected chi connectivity index (χ2v) is 5.56. The van der Waals surface area contributed by atoms with E-state index in [1.807, 2.05) is 34.6 Å². The molecule has 0 aromatic rings. The fourth-order valence-corrected chi connectivity index (χ4v) is 2.55. The van der Waals surface area contributed by atoms with Crippen LogP contribution in [0.4, 0.5) is 4.79 Å². The van der Waals surface area contributed by atoms with E-state index in [1.165, 1.54) is 4.90 Å². The largest absolute Gasteiger partial charge is 0.331 e. The summed E-state index contributed by atoms with van der Waals surface area (Å²) in [5.74, 6) is -1.76. The fourth-order valence-electron chi connectivity index (χ4n) is 2.55. The highest BCUT2D eigenvalue weighted by molar-refractivity contribution is 6.16. The Bertz CT molecular complexity index is 391. The Labute approximate surface area is 120 Å². The summed E-state index contributed by atoms with van der Waals surface area (Å²) in [6.45, 7) is 11.9. The summed E-state index contributed by atoms with van der Waals surface area (Å²) >= 11 is 0. The molecule has 0 radical (unpaired) electrons. The van der Waals surface area contributed by atoms with E-state index in [0.29, 0.717) is 6.54 Å². The molecule has 1 aliphatic rings. The number of urea groups is 1. The molecule has 1 aliphatic heterocycles. The summed E-state index contributed by atoms with van der Waals surface area (Å²) in [7, 11) is 0. The van der Waals surface area contributed by atoms with E-state index in [-0.39, 0.29) is 17.9 Å². The average Bonchev–Trinajstić information content (AvgIpc) is 2.34. The van der Waals surface area contributed by atoms with Crippen LogP contribution in [0.2, 0.25) is 0 Å². The van der Waals surface area contributed by atoms with Gasteiger partial charge in [0.05, 0.1) is 6.04 Å². The first-order valence-corrected chi connectivity index (χ1v) is 7.23. The molecular formula is C14H25N3O3. The Morgan fingerprint density at radius 2 is 1.70 bits per heavy atom. The van der Waals surface area contributed by atoms with Crippen molar-refractivity contribution in [1.29, 1.82) is 0 Å². The average molecular weight is 283 g/mol. The lowest BCUT2D eigenvalue weighted by Crippen LogP contribution is -2.62. The molecule has 6 nitrogen and oxygen atoms in total. The van der Waals surface area contributed by atoms with Crippen molar-refractivity contribution in [2.45, 2.75) is 40.7 Å². The molecule has 0 aliphatic carbocycles. The van der Waals surface area contributed by atoms with Crippen LogP contribution in [0.5, 0.6) is 0 Å². The predicted molar refractivity (Wildman–Crippen MR) is 76.0 cm³/mol. The zero-order chi connectivity index (χ0) is 15.4. The number of imide groups is 2. The molecule has 20 heavy (non-hydrogen) atoms. The molecule has 0 aromatic heterocycles. The number of nitrogens with zero attached hydrogens (tertiary/aromatic N) is 2. The Kier molecular flexibility index (Phi) is 5.68. The molecular weight excluding hydrogens is 258 g/mol. The van der Waals surface area contributed by atoms with Gasteiger partial charge in [0.1, 0.15) is 5.92 Å². The molecule has 0 bridgehead atoms. The van der Waals surface area contributed by atoms with E-state index in [2.05, 4.69) is 10.2 Å². The van der Waals surface area contributed by atoms with E-state index in [0.717, 1.165) is 13.1 Å². The number of likely N-dealkylation sites (N-methyl/N-ethyl adjacent to an activating group) is 1. The van der Waals surface area contributed by atoms with Crippen molar-refractivity contribution >= 4 is 17.8 Å². The number of barbiturate groups is 1. The minimum atomic E-state index is -0.771. The molecule has 1 saturated heterocycles. The van der Waals surface area contributed by atoms with Gasteiger partial charge in [-0.25, -0.2) is 4.79 Å². The summed E-state index contributed by atoms with van der Waals surface area (Å²) in [6, 6.07) is -0.853. The molecule has 2 atom stereocenters. The van der Waals surface area contributed by atoms with E-state index >= 15 is 0 Å². The molecule has 1 heterocycles. The van der Waals surface area contributed by atoms with Crippen molar-refractivity contribution in [1.82, 2.24) is 15.1 Å². The van der Waals surface area contributed by atoms with Crippen LogP contribution in [0.3, 0.4) is 0 Å². The SMILES string of the molecule is CCN(CC)CC(C)N1C(=O)NC(=O)C(C(C)C)C1=O. The number of hydrogen-bond donors (Lipinski definition) is 1. The third-order valence-corrected chi connectivity index (χ3v) is 3.76. The van der Waals surface area contributed by atoms with Crippen molar-refractivity contribution in [3.63, 3.8) is 0 Å². The predicted octanol–water partition coefficient (Wildman–Crippen LogP) is 1.07. The van der Waals surface area contributed by atoms with Crippen LogP contribution >= 0.6 is 0 Å². The number of rotatable bonds is 6. The molecule has 6 heteroatoms. The van der Waals surface area contributed by atoms with Gasteiger partial charge in [-0.3, -0.25) is 19.8 Å². The van der Waals surface area contributed by atoms with Gasteiger partial charge in [0.25, 0.3) is 0 Å². The van der Waals surface area contributed by atoms with Crippen LogP contribution in [-0.4, -0.2) is 53.3 Å². The third-order valence-electron chi connectivity index (χ3n) is 3.76. The standard InChI is InChI=1S/C14H25N3O3/c1-6-16(7-2)8-10(5)17-13(19)11(9(3)4)12(18)15-14(17)20/h9-11H,6-8H2,1-5H3,(H,15,18,20). The molecule has 1 fully saturated rings. The molecule has 114 valence electrons. The van der Waals surface area contributed by atoms with Gasteiger partial charge in [-0.05, 0) is 25.9 Å². The van der Waals surface area contributed by atoms with Crippen molar-refractivity contribution in [3.05, 3.63) is 0 Å². The highest BCUT2D eigenvalue weighted by Crippen LogP contribution is 2.21. The van der Waals surface area contributed by atoms with Crippen molar-refractivity contribution in [3.8, 4) is 0 Å². The first kappa shape index (κ1) is 16.6. The molecule has 2 unspecified atom stereocenters. The van der Waals surface area contributed by atoms with Crippen LogP contribution in [0.15, 0.2) is 0 Å². The van der Waals surface area contributed by atoms with E-state index in [9.17, 15) is 14.4 Å². The quantitative estimate of drug-likeness (QED) is 0.740. The molecule has 0 aromatic carbocycles. The maximum atomic E-state index is 12.4. The van der Waals surface area contributed by atoms with Crippen LogP contribution in [0.25, 0.3) is 0 Å². The number of nitrogens with one attached hydrogen (secondary N) is 1. The van der Waals surface area contributed by atoms with E-state index in [1.54, 1.807) is 0 Å². The van der Waals surface area contributed by atoms with Gasteiger partial charge in [-0.2, -0.15) is 0 Å². The van der Waals surface area contributed by atoms with Crippen LogP contribution < -0.4 is 5.32 Å². The molecule has 0 spiro atoms. The van der Waals surface area contributed by atoms with Gasteiger partial charge in [0.2, 0.25) is 11.8 Å². The second kappa shape index (κ2) is 6.83. The van der Waals surface area contributed by atoms with Gasteiger partial charge < -0.3 is 4.90 Å². The van der Waals surface area contributed by atoms with Crippen molar-refractivity contribution in [2.75, 3.05) is 19.6 Å². The Balaban J connectivity index is 2.89. The van der Waals surface area contributed by atoms with Gasteiger partial charge >= 0.3 is 6.03 Å². The van der Waals surface area contributed by atoms with Crippen LogP contribution in [-0.2, 0) is 9.59 Å². The summed E-state index contributed by atoms with van der Waals surface area (Å²) in [4.78, 5) is 39.5. The summed E-state index contributed by atoms with van der Waals surface area (Å²) < 4.78 is 0. The normalized spacial score (nSPS) is 21.6. The minimum Gasteiger partial charge on any atom is -0.302 e. The zero-order valence-electron chi connectivity index (χ0n) is 13.0. The molecule has 1 rings (SSSR count). The number of carbonyl (C=O) groups excluding carboxylic acids is 3. The smallest absolute Gasteiger partial charge is 0.302 e. The highest BCUT2D eigenvalue weighted by atomic mass is 16.2. The van der Waals surface area contributed by atoms with Gasteiger partial charge in [0.15, 0.2) is 0 Å². The molecule has 4 amide bonds. The first-order valence-electron chi connectivity index (χ1n) is 7.23. The Morgan fingerprint density at radius 3 is 2.15 bits per heavy atom. The maximum Gasteiger partial charge on any atom is 0.331 e. The summed E-state index contributed by atoms with van der Waals surface area (Å²) in [5, 5.41) is 2.29. The van der Waals surface area contributed by atoms with Gasteiger partial charge in [0, 0.05) is 6.54 Å². The lowest BCUT2D eigenvalue weighted by Gasteiger charge is -2.37. The molecule has 1 N–H and O–H groups in total. The second-order valence-electron chi connectivity index (χ2n) is 5.56. The summed E-state index contributed by atoms with van der Waals surface area (Å²) in [6.07, 6.45) is 0. The third kappa shape index (κ3) is 3.36.